The third-order valence-corrected chi connectivity index (χ3v) is 1.42. The topological polar surface area (TPSA) is 29.1 Å². The second-order valence-electron chi connectivity index (χ2n) is 2.44. The lowest BCUT2D eigenvalue weighted by atomic mass is 10.1. The van der Waals surface area contributed by atoms with E-state index in [0.29, 0.717) is 12.1 Å². The molecule has 0 aromatic carbocycles. The molecule has 3 heteroatoms. The summed E-state index contributed by atoms with van der Waals surface area (Å²) < 4.78 is 12.8. The zero-order valence-electron chi connectivity index (χ0n) is 6.36. The Hall–Kier alpha value is -1.12. The van der Waals surface area contributed by atoms with Crippen molar-refractivity contribution in [3.8, 4) is 0 Å². The Balaban J connectivity index is 2.68. The molecular weight excluding hydrogens is 145 g/mol. The first kappa shape index (κ1) is 7.98. The van der Waals surface area contributed by atoms with E-state index in [4.69, 9.17) is 0 Å². The van der Waals surface area contributed by atoms with Crippen molar-refractivity contribution in [3.05, 3.63) is 23.7 Å². The number of hydrogen-bond donors (Lipinski definition) is 1. The minimum Gasteiger partial charge on any atom is -0.324 e. The fourth-order valence-corrected chi connectivity index (χ4v) is 0.935. The van der Waals surface area contributed by atoms with Gasteiger partial charge in [-0.05, 0) is 12.5 Å². The fourth-order valence-electron chi connectivity index (χ4n) is 0.935. The number of amides is 1. The number of allylic oxidation sites excluding steroid dienone is 3. The Bertz CT molecular complexity index is 230. The highest BCUT2D eigenvalue weighted by Gasteiger charge is 2.07. The lowest BCUT2D eigenvalue weighted by Crippen LogP contribution is -2.19. The van der Waals surface area contributed by atoms with E-state index in [0.717, 1.165) is 6.42 Å². The molecule has 1 amide bonds. The Morgan fingerprint density at radius 3 is 3.00 bits per heavy atom. The summed E-state index contributed by atoms with van der Waals surface area (Å²) in [6.45, 7) is 1.36. The van der Waals surface area contributed by atoms with Crippen molar-refractivity contribution in [3.63, 3.8) is 0 Å². The maximum atomic E-state index is 12.8. The first-order valence-electron chi connectivity index (χ1n) is 3.53. The van der Waals surface area contributed by atoms with Crippen LogP contribution in [0.25, 0.3) is 0 Å². The molecule has 0 aromatic heterocycles. The minimum absolute atomic E-state index is 0.234. The van der Waals surface area contributed by atoms with Crippen LogP contribution in [0.15, 0.2) is 23.7 Å². The van der Waals surface area contributed by atoms with E-state index in [1.165, 1.54) is 6.92 Å². The predicted molar refractivity (Wildman–Crippen MR) is 40.3 cm³/mol. The van der Waals surface area contributed by atoms with Crippen molar-refractivity contribution in [1.82, 2.24) is 5.32 Å². The third-order valence-electron chi connectivity index (χ3n) is 1.42. The zero-order chi connectivity index (χ0) is 8.27. The quantitative estimate of drug-likeness (QED) is 0.613. The van der Waals surface area contributed by atoms with Gasteiger partial charge in [0.2, 0.25) is 5.91 Å². The molecule has 0 saturated heterocycles. The number of carbonyl (C=O) groups is 1. The van der Waals surface area contributed by atoms with Crippen LogP contribution in [-0.4, -0.2) is 5.91 Å². The molecule has 0 atom stereocenters. The highest BCUT2D eigenvalue weighted by Crippen LogP contribution is 2.17. The van der Waals surface area contributed by atoms with Crippen molar-refractivity contribution < 1.29 is 9.18 Å². The van der Waals surface area contributed by atoms with Crippen molar-refractivity contribution in [2.75, 3.05) is 0 Å². The minimum atomic E-state index is -0.235. The van der Waals surface area contributed by atoms with Crippen molar-refractivity contribution in [1.29, 1.82) is 0 Å². The Kier molecular flexibility index (Phi) is 2.41. The maximum absolute atomic E-state index is 12.8. The van der Waals surface area contributed by atoms with Gasteiger partial charge in [-0.3, -0.25) is 4.79 Å². The summed E-state index contributed by atoms with van der Waals surface area (Å²) in [5.74, 6) is -0.468. The number of carbonyl (C=O) groups excluding carboxylic acids is 1. The molecule has 0 aromatic rings. The molecule has 0 unspecified atom stereocenters. The van der Waals surface area contributed by atoms with Crippen LogP contribution < -0.4 is 5.32 Å². The summed E-state index contributed by atoms with van der Waals surface area (Å²) in [6.07, 6.45) is 4.55. The highest BCUT2D eigenvalue weighted by molar-refractivity contribution is 5.75. The largest absolute Gasteiger partial charge is 0.324 e. The summed E-state index contributed by atoms with van der Waals surface area (Å²) >= 11 is 0. The Labute approximate surface area is 64.8 Å². The summed E-state index contributed by atoms with van der Waals surface area (Å²) in [5.41, 5.74) is 0.309. The van der Waals surface area contributed by atoms with Crippen molar-refractivity contribution in [2.24, 2.45) is 0 Å². The molecule has 11 heavy (non-hydrogen) atoms. The van der Waals surface area contributed by atoms with E-state index in [2.05, 4.69) is 5.32 Å². The van der Waals surface area contributed by atoms with Crippen LogP contribution in [0.3, 0.4) is 0 Å². The fraction of sp³-hybridized carbons (Fsp3) is 0.375. The van der Waals surface area contributed by atoms with Gasteiger partial charge in [-0.1, -0.05) is 6.08 Å². The first-order valence-corrected chi connectivity index (χ1v) is 3.53. The molecule has 0 spiro atoms. The van der Waals surface area contributed by atoms with E-state index in [-0.39, 0.29) is 11.7 Å². The molecule has 1 rings (SSSR count). The maximum Gasteiger partial charge on any atom is 0.221 e. The van der Waals surface area contributed by atoms with Gasteiger partial charge in [0.15, 0.2) is 0 Å². The molecule has 1 N–H and O–H groups in total. The van der Waals surface area contributed by atoms with Crippen LogP contribution in [0.2, 0.25) is 0 Å². The van der Waals surface area contributed by atoms with Gasteiger partial charge in [-0.15, -0.1) is 0 Å². The molecule has 60 valence electrons. The van der Waals surface area contributed by atoms with Gasteiger partial charge in [0.25, 0.3) is 0 Å². The van der Waals surface area contributed by atoms with Crippen LogP contribution in [0.4, 0.5) is 4.39 Å². The van der Waals surface area contributed by atoms with E-state index in [9.17, 15) is 9.18 Å². The van der Waals surface area contributed by atoms with Gasteiger partial charge in [-0.25, -0.2) is 4.39 Å². The van der Waals surface area contributed by atoms with Gasteiger partial charge in [0.1, 0.15) is 5.83 Å². The average Bonchev–Trinajstić information content (AvgIpc) is 1.93. The normalized spacial score (nSPS) is 16.9. The van der Waals surface area contributed by atoms with E-state index >= 15 is 0 Å². The lowest BCUT2D eigenvalue weighted by Gasteiger charge is -2.08. The molecule has 1 aliphatic rings. The molecule has 2 nitrogen and oxygen atoms in total. The van der Waals surface area contributed by atoms with Crippen molar-refractivity contribution >= 4 is 5.91 Å². The Morgan fingerprint density at radius 2 is 2.45 bits per heavy atom. The number of halogens is 1. The molecule has 0 bridgehead atoms. The van der Waals surface area contributed by atoms with Crippen LogP contribution in [0.1, 0.15) is 19.8 Å². The molecule has 0 fully saturated rings. The molecule has 0 aliphatic heterocycles. The number of rotatable bonds is 1. The van der Waals surface area contributed by atoms with Crippen LogP contribution in [0.5, 0.6) is 0 Å². The third kappa shape index (κ3) is 2.18. The van der Waals surface area contributed by atoms with Crippen LogP contribution >= 0.6 is 0 Å². The average molecular weight is 155 g/mol. The van der Waals surface area contributed by atoms with Gasteiger partial charge >= 0.3 is 0 Å². The second-order valence-corrected chi connectivity index (χ2v) is 2.44. The van der Waals surface area contributed by atoms with E-state index < -0.39 is 0 Å². The monoisotopic (exact) mass is 155 g/mol. The summed E-state index contributed by atoms with van der Waals surface area (Å²) in [5, 5.41) is 2.41. The predicted octanol–water partition coefficient (Wildman–Crippen LogP) is 1.65. The van der Waals surface area contributed by atoms with Crippen LogP contribution in [-0.2, 0) is 4.79 Å². The standard InChI is InChI=1S/C8H10FNO/c1-6(11)10-8-5-3-2-4-7(8)9/h3,5H,2,4H2,1H3,(H,10,11). The molecule has 0 heterocycles. The smallest absolute Gasteiger partial charge is 0.221 e. The highest BCUT2D eigenvalue weighted by atomic mass is 19.1. The molecule has 1 aliphatic carbocycles. The van der Waals surface area contributed by atoms with Gasteiger partial charge < -0.3 is 5.32 Å². The van der Waals surface area contributed by atoms with Gasteiger partial charge in [0, 0.05) is 13.3 Å². The SMILES string of the molecule is CC(=O)NC1=C(F)CCC=C1. The zero-order valence-corrected chi connectivity index (χ0v) is 6.36. The first-order chi connectivity index (χ1) is 5.20. The Morgan fingerprint density at radius 1 is 1.73 bits per heavy atom. The van der Waals surface area contributed by atoms with Gasteiger partial charge in [-0.2, -0.15) is 0 Å². The van der Waals surface area contributed by atoms with Crippen LogP contribution in [0, 0.1) is 0 Å². The summed E-state index contributed by atoms with van der Waals surface area (Å²) in [7, 11) is 0. The van der Waals surface area contributed by atoms with Gasteiger partial charge in [0.05, 0.1) is 5.70 Å². The second kappa shape index (κ2) is 3.32. The lowest BCUT2D eigenvalue weighted by molar-refractivity contribution is -0.118. The van der Waals surface area contributed by atoms with E-state index in [1.807, 2.05) is 6.08 Å². The van der Waals surface area contributed by atoms with Crippen molar-refractivity contribution in [2.45, 2.75) is 19.8 Å². The number of nitrogens with one attached hydrogen (secondary N) is 1. The number of hydrogen-bond acceptors (Lipinski definition) is 1. The summed E-state index contributed by atoms with van der Waals surface area (Å²) in [4.78, 5) is 10.5. The molecule has 0 saturated carbocycles. The molecular formula is C8H10FNO. The van der Waals surface area contributed by atoms with E-state index in [1.54, 1.807) is 6.08 Å². The molecule has 0 radical (unpaired) electrons. The summed E-state index contributed by atoms with van der Waals surface area (Å²) in [6, 6.07) is 0.